The second kappa shape index (κ2) is 5.35. The van der Waals surface area contributed by atoms with E-state index >= 15 is 0 Å². The van der Waals surface area contributed by atoms with Gasteiger partial charge in [-0.25, -0.2) is 0 Å². The molecule has 1 aliphatic rings. The molecule has 1 atom stereocenters. The van der Waals surface area contributed by atoms with Crippen LogP contribution in [-0.2, 0) is 21.7 Å². The fourth-order valence-corrected chi connectivity index (χ4v) is 2.09. The van der Waals surface area contributed by atoms with Gasteiger partial charge in [-0.15, -0.1) is 0 Å². The Morgan fingerprint density at radius 3 is 2.35 bits per heavy atom. The van der Waals surface area contributed by atoms with E-state index in [9.17, 15) is 0 Å². The summed E-state index contributed by atoms with van der Waals surface area (Å²) >= 11 is 0. The molecule has 0 aromatic heterocycles. The summed E-state index contributed by atoms with van der Waals surface area (Å²) in [5.41, 5.74) is 3.83. The van der Waals surface area contributed by atoms with Crippen molar-refractivity contribution in [3.05, 3.63) is 71.8 Å². The third kappa shape index (κ3) is 2.51. The minimum atomic E-state index is 0. The number of hydrogen-bond donors (Lipinski definition) is 1. The largest absolute Gasteiger partial charge is 0.375 e. The number of hydrogen-bond acceptors (Lipinski definition) is 1. The van der Waals surface area contributed by atoms with Gasteiger partial charge in [0, 0.05) is 27.4 Å². The maximum atomic E-state index is 3.51. The molecule has 1 aliphatic carbocycles. The van der Waals surface area contributed by atoms with Crippen LogP contribution in [0.4, 0.5) is 5.69 Å². The topological polar surface area (TPSA) is 12.0 Å². The van der Waals surface area contributed by atoms with Crippen molar-refractivity contribution in [2.24, 2.45) is 0 Å². The van der Waals surface area contributed by atoms with Crippen LogP contribution in [0, 0.1) is 0 Å². The maximum absolute atomic E-state index is 3.51. The van der Waals surface area contributed by atoms with Crippen molar-refractivity contribution in [2.45, 2.75) is 6.04 Å². The van der Waals surface area contributed by atoms with Crippen LogP contribution in [0.5, 0.6) is 0 Å². The van der Waals surface area contributed by atoms with Gasteiger partial charge in [-0.05, 0) is 23.3 Å². The van der Waals surface area contributed by atoms with Crippen molar-refractivity contribution < 1.29 is 21.7 Å². The van der Waals surface area contributed by atoms with Crippen molar-refractivity contribution in [2.75, 3.05) is 5.32 Å². The first-order valence-electron chi connectivity index (χ1n) is 5.52. The summed E-state index contributed by atoms with van der Waals surface area (Å²) in [6.07, 6.45) is 4.38. The third-order valence-electron chi connectivity index (χ3n) is 2.90. The molecule has 2 aromatic carbocycles. The van der Waals surface area contributed by atoms with Crippen LogP contribution in [0.25, 0.3) is 6.08 Å². The summed E-state index contributed by atoms with van der Waals surface area (Å²) in [7, 11) is 0. The summed E-state index contributed by atoms with van der Waals surface area (Å²) in [6.45, 7) is 0. The van der Waals surface area contributed by atoms with Crippen LogP contribution in [0.3, 0.4) is 0 Å². The molecule has 0 spiro atoms. The molecule has 0 aliphatic heterocycles. The van der Waals surface area contributed by atoms with Crippen LogP contribution in [0.15, 0.2) is 60.7 Å². The molecule has 0 saturated heterocycles. The van der Waals surface area contributed by atoms with Gasteiger partial charge in [-0.2, -0.15) is 0 Å². The average molecular weight is 255 g/mol. The summed E-state index contributed by atoms with van der Waals surface area (Å²) in [5.74, 6) is 0. The Morgan fingerprint density at radius 2 is 1.53 bits per heavy atom. The van der Waals surface area contributed by atoms with E-state index in [1.165, 1.54) is 11.1 Å². The second-order valence-electron chi connectivity index (χ2n) is 3.98. The first-order valence-corrected chi connectivity index (χ1v) is 5.52. The average Bonchev–Trinajstić information content (AvgIpc) is 2.74. The van der Waals surface area contributed by atoms with Crippen molar-refractivity contribution >= 4 is 11.8 Å². The Bertz CT molecular complexity index is 519. The SMILES string of the molecule is C1=CC(Nc2ccccc2)c2ccccc21.[Ti]. The molecule has 0 amide bonds. The molecule has 3 rings (SSSR count). The zero-order valence-electron chi connectivity index (χ0n) is 9.43. The van der Waals surface area contributed by atoms with E-state index in [1.807, 2.05) is 18.2 Å². The molecule has 1 nitrogen and oxygen atoms in total. The van der Waals surface area contributed by atoms with Crippen LogP contribution in [0.1, 0.15) is 17.2 Å². The monoisotopic (exact) mass is 255 g/mol. The first kappa shape index (κ1) is 12.2. The zero-order valence-corrected chi connectivity index (χ0v) is 11.0. The van der Waals surface area contributed by atoms with Gasteiger partial charge in [0.2, 0.25) is 0 Å². The Kier molecular flexibility index (Phi) is 3.83. The Morgan fingerprint density at radius 1 is 0.824 bits per heavy atom. The standard InChI is InChI=1S/C15H13N.Ti/c1-2-7-13(8-3-1)16-15-11-10-12-6-4-5-9-14(12)15;/h1-11,15-16H;. The van der Waals surface area contributed by atoms with Gasteiger partial charge in [0.1, 0.15) is 0 Å². The van der Waals surface area contributed by atoms with Gasteiger partial charge < -0.3 is 5.32 Å². The van der Waals surface area contributed by atoms with E-state index in [4.69, 9.17) is 0 Å². The van der Waals surface area contributed by atoms with Gasteiger partial charge in [-0.1, -0.05) is 54.6 Å². The fraction of sp³-hybridized carbons (Fsp3) is 0.0667. The number of rotatable bonds is 2. The van der Waals surface area contributed by atoms with Gasteiger partial charge in [-0.3, -0.25) is 0 Å². The molecule has 17 heavy (non-hydrogen) atoms. The Balaban J connectivity index is 0.00000108. The van der Waals surface area contributed by atoms with E-state index in [2.05, 4.69) is 53.9 Å². The van der Waals surface area contributed by atoms with Crippen LogP contribution in [-0.4, -0.2) is 0 Å². The van der Waals surface area contributed by atoms with Crippen LogP contribution in [0.2, 0.25) is 0 Å². The Labute approximate surface area is 116 Å². The molecule has 0 saturated carbocycles. The third-order valence-corrected chi connectivity index (χ3v) is 2.90. The molecule has 1 unspecified atom stereocenters. The normalized spacial score (nSPS) is 16.1. The van der Waals surface area contributed by atoms with E-state index < -0.39 is 0 Å². The van der Waals surface area contributed by atoms with E-state index in [1.54, 1.807) is 0 Å². The smallest absolute Gasteiger partial charge is 0.0707 e. The Hall–Kier alpha value is -1.31. The number of anilines is 1. The first-order chi connectivity index (χ1) is 7.93. The van der Waals surface area contributed by atoms with Crippen molar-refractivity contribution in [3.8, 4) is 0 Å². The van der Waals surface area contributed by atoms with Crippen molar-refractivity contribution in [3.63, 3.8) is 0 Å². The number of fused-ring (bicyclic) bond motifs is 1. The summed E-state index contributed by atoms with van der Waals surface area (Å²) in [5, 5.41) is 3.51. The van der Waals surface area contributed by atoms with Crippen LogP contribution < -0.4 is 5.32 Å². The van der Waals surface area contributed by atoms with Crippen LogP contribution >= 0.6 is 0 Å². The predicted molar refractivity (Wildman–Crippen MR) is 68.3 cm³/mol. The predicted octanol–water partition coefficient (Wildman–Crippen LogP) is 3.86. The molecule has 2 aromatic rings. The molecule has 0 heterocycles. The van der Waals surface area contributed by atoms with Gasteiger partial charge >= 0.3 is 0 Å². The minimum Gasteiger partial charge on any atom is -0.375 e. The summed E-state index contributed by atoms with van der Waals surface area (Å²) in [6, 6.07) is 19.1. The van der Waals surface area contributed by atoms with Crippen molar-refractivity contribution in [1.82, 2.24) is 0 Å². The summed E-state index contributed by atoms with van der Waals surface area (Å²) < 4.78 is 0. The second-order valence-corrected chi connectivity index (χ2v) is 3.98. The fourth-order valence-electron chi connectivity index (χ4n) is 2.09. The molecular weight excluding hydrogens is 242 g/mol. The van der Waals surface area contributed by atoms with Crippen molar-refractivity contribution in [1.29, 1.82) is 0 Å². The molecule has 0 radical (unpaired) electrons. The van der Waals surface area contributed by atoms with E-state index in [0.717, 1.165) is 5.69 Å². The zero-order chi connectivity index (χ0) is 10.8. The number of nitrogens with one attached hydrogen (secondary N) is 1. The molecule has 0 bridgehead atoms. The quantitative estimate of drug-likeness (QED) is 0.803. The molecule has 1 N–H and O–H groups in total. The van der Waals surface area contributed by atoms with Gasteiger partial charge in [0.15, 0.2) is 0 Å². The summed E-state index contributed by atoms with van der Waals surface area (Å²) in [4.78, 5) is 0. The molecule has 82 valence electrons. The number of benzene rings is 2. The number of para-hydroxylation sites is 1. The van der Waals surface area contributed by atoms with Gasteiger partial charge in [0.05, 0.1) is 6.04 Å². The van der Waals surface area contributed by atoms with E-state index in [-0.39, 0.29) is 21.7 Å². The molecule has 0 fully saturated rings. The van der Waals surface area contributed by atoms with E-state index in [0.29, 0.717) is 6.04 Å². The van der Waals surface area contributed by atoms with Gasteiger partial charge in [0.25, 0.3) is 0 Å². The minimum absolute atomic E-state index is 0. The molecular formula is C15H13NTi. The maximum Gasteiger partial charge on any atom is 0.0707 e. The molecule has 2 heteroatoms.